The van der Waals surface area contributed by atoms with E-state index in [0.29, 0.717) is 5.69 Å². The summed E-state index contributed by atoms with van der Waals surface area (Å²) in [7, 11) is -1.90. The van der Waals surface area contributed by atoms with E-state index in [9.17, 15) is 18.0 Å². The Morgan fingerprint density at radius 2 is 2.14 bits per heavy atom. The van der Waals surface area contributed by atoms with Crippen molar-refractivity contribution in [3.63, 3.8) is 0 Å². The van der Waals surface area contributed by atoms with Crippen LogP contribution < -0.4 is 4.72 Å². The van der Waals surface area contributed by atoms with Gasteiger partial charge in [0.1, 0.15) is 6.54 Å². The molecule has 0 spiro atoms. The highest BCUT2D eigenvalue weighted by atomic mass is 32.2. The Hall–Kier alpha value is -1.68. The molecule has 0 unspecified atom stereocenters. The minimum Gasteiger partial charge on any atom is -0.465 e. The Bertz CT molecular complexity index is 611. The lowest BCUT2D eigenvalue weighted by Crippen LogP contribution is -2.34. The van der Waals surface area contributed by atoms with Crippen molar-refractivity contribution in [2.45, 2.75) is 13.3 Å². The summed E-state index contributed by atoms with van der Waals surface area (Å²) in [5.41, 5.74) is 0.437. The van der Waals surface area contributed by atoms with Gasteiger partial charge in [-0.15, -0.1) is 11.3 Å². The zero-order valence-electron chi connectivity index (χ0n) is 12.0. The number of nitrogens with zero attached hydrogens (tertiary/aromatic N) is 2. The van der Waals surface area contributed by atoms with Gasteiger partial charge in [-0.05, 0) is 6.92 Å². The van der Waals surface area contributed by atoms with Gasteiger partial charge < -0.3 is 9.64 Å². The van der Waals surface area contributed by atoms with Crippen molar-refractivity contribution in [2.75, 3.05) is 31.2 Å². The Morgan fingerprint density at radius 3 is 2.71 bits per heavy atom. The van der Waals surface area contributed by atoms with Gasteiger partial charge in [0.15, 0.2) is 5.13 Å². The molecular weight excluding hydrogens is 318 g/mol. The molecule has 0 aromatic carbocycles. The fourth-order valence-electron chi connectivity index (χ4n) is 1.37. The van der Waals surface area contributed by atoms with Gasteiger partial charge in [0.2, 0.25) is 15.9 Å². The third-order valence-electron chi connectivity index (χ3n) is 2.25. The van der Waals surface area contributed by atoms with Gasteiger partial charge in [-0.1, -0.05) is 0 Å². The number of likely N-dealkylation sites (N-methyl/N-ethyl adjacent to an activating group) is 1. The van der Waals surface area contributed by atoms with Crippen molar-refractivity contribution in [3.05, 3.63) is 11.1 Å². The van der Waals surface area contributed by atoms with Crippen LogP contribution in [0.4, 0.5) is 5.13 Å². The van der Waals surface area contributed by atoms with Crippen LogP contribution in [0.5, 0.6) is 0 Å². The lowest BCUT2D eigenvalue weighted by atomic mass is 10.3. The van der Waals surface area contributed by atoms with E-state index in [2.05, 4.69) is 9.71 Å². The molecule has 10 heteroatoms. The molecule has 0 fully saturated rings. The maximum absolute atomic E-state index is 11.9. The molecule has 8 nitrogen and oxygen atoms in total. The van der Waals surface area contributed by atoms with E-state index in [1.54, 1.807) is 12.3 Å². The van der Waals surface area contributed by atoms with Gasteiger partial charge >= 0.3 is 5.97 Å². The molecule has 0 saturated heterocycles. The highest BCUT2D eigenvalue weighted by Crippen LogP contribution is 2.17. The first-order valence-corrected chi connectivity index (χ1v) is 8.80. The predicted octanol–water partition coefficient (Wildman–Crippen LogP) is 0.0786. The van der Waals surface area contributed by atoms with E-state index in [1.165, 1.54) is 11.9 Å². The third kappa shape index (κ3) is 6.54. The fraction of sp³-hybridized carbons (Fsp3) is 0.545. The van der Waals surface area contributed by atoms with E-state index in [-0.39, 0.29) is 30.6 Å². The number of ether oxygens (including phenoxy) is 1. The number of anilines is 1. The van der Waals surface area contributed by atoms with Gasteiger partial charge in [0, 0.05) is 12.4 Å². The smallest absolute Gasteiger partial charge is 0.325 e. The van der Waals surface area contributed by atoms with Crippen LogP contribution in [0.25, 0.3) is 0 Å². The summed E-state index contributed by atoms with van der Waals surface area (Å²) in [6, 6.07) is 0. The molecule has 1 amide bonds. The fourth-order valence-corrected chi connectivity index (χ4v) is 2.94. The van der Waals surface area contributed by atoms with Crippen molar-refractivity contribution < 1.29 is 22.7 Å². The second kappa shape index (κ2) is 7.36. The SMILES string of the molecule is CCOC(=O)CN(C)C(=O)Cc1csc(NS(C)(=O)=O)n1. The van der Waals surface area contributed by atoms with Gasteiger partial charge in [-0.25, -0.2) is 13.4 Å². The summed E-state index contributed by atoms with van der Waals surface area (Å²) in [5, 5.41) is 1.79. The Labute approximate surface area is 127 Å². The van der Waals surface area contributed by atoms with Crippen LogP contribution >= 0.6 is 11.3 Å². The number of aromatic nitrogens is 1. The summed E-state index contributed by atoms with van der Waals surface area (Å²) in [6.45, 7) is 1.81. The molecule has 21 heavy (non-hydrogen) atoms. The lowest BCUT2D eigenvalue weighted by molar-refractivity contribution is -0.147. The second-order valence-corrected chi connectivity index (χ2v) is 6.86. The molecule has 0 saturated carbocycles. The number of carbonyl (C=O) groups is 2. The minimum absolute atomic E-state index is 0.0160. The quantitative estimate of drug-likeness (QED) is 0.707. The van der Waals surface area contributed by atoms with Crippen molar-refractivity contribution in [2.24, 2.45) is 0 Å². The van der Waals surface area contributed by atoms with E-state index in [0.717, 1.165) is 17.6 Å². The number of carbonyl (C=O) groups excluding carboxylic acids is 2. The standard InChI is InChI=1S/C11H17N3O5S2/c1-4-19-10(16)6-14(2)9(15)5-8-7-20-11(12-8)13-21(3,17)18/h7H,4-6H2,1-3H3,(H,12,13). The molecule has 1 heterocycles. The molecule has 1 N–H and O–H groups in total. The number of rotatable bonds is 7. The Kier molecular flexibility index (Phi) is 6.09. The van der Waals surface area contributed by atoms with Crippen LogP contribution in [0.2, 0.25) is 0 Å². The van der Waals surface area contributed by atoms with Gasteiger partial charge in [0.05, 0.1) is 25.0 Å². The van der Waals surface area contributed by atoms with E-state index < -0.39 is 16.0 Å². The molecule has 0 aliphatic rings. The van der Waals surface area contributed by atoms with Gasteiger partial charge in [0.25, 0.3) is 0 Å². The normalized spacial score (nSPS) is 11.0. The topological polar surface area (TPSA) is 106 Å². The lowest BCUT2D eigenvalue weighted by Gasteiger charge is -2.15. The Morgan fingerprint density at radius 1 is 1.48 bits per heavy atom. The largest absolute Gasteiger partial charge is 0.465 e. The first-order valence-electron chi connectivity index (χ1n) is 6.03. The number of hydrogen-bond acceptors (Lipinski definition) is 7. The van der Waals surface area contributed by atoms with Crippen LogP contribution in [-0.4, -0.2) is 56.6 Å². The first kappa shape index (κ1) is 17.4. The number of thiazole rings is 1. The maximum atomic E-state index is 11.9. The van der Waals surface area contributed by atoms with E-state index in [4.69, 9.17) is 4.74 Å². The summed E-state index contributed by atoms with van der Waals surface area (Å²) >= 11 is 1.09. The van der Waals surface area contributed by atoms with Crippen LogP contribution in [-0.2, 0) is 30.8 Å². The molecule has 0 bridgehead atoms. The number of hydrogen-bond donors (Lipinski definition) is 1. The van der Waals surface area contributed by atoms with Crippen molar-refractivity contribution >= 4 is 38.4 Å². The van der Waals surface area contributed by atoms with E-state index >= 15 is 0 Å². The molecule has 1 rings (SSSR count). The molecule has 118 valence electrons. The monoisotopic (exact) mass is 335 g/mol. The molecule has 0 aliphatic heterocycles. The number of nitrogens with one attached hydrogen (secondary N) is 1. The summed E-state index contributed by atoms with van der Waals surface area (Å²) in [5.74, 6) is -0.787. The molecule has 0 atom stereocenters. The van der Waals surface area contributed by atoms with Crippen LogP contribution in [0.3, 0.4) is 0 Å². The zero-order chi connectivity index (χ0) is 16.0. The highest BCUT2D eigenvalue weighted by Gasteiger charge is 2.16. The Balaban J connectivity index is 2.57. The minimum atomic E-state index is -3.39. The highest BCUT2D eigenvalue weighted by molar-refractivity contribution is 7.92. The van der Waals surface area contributed by atoms with Crippen LogP contribution in [0.15, 0.2) is 5.38 Å². The molecule has 1 aromatic rings. The number of amides is 1. The summed E-state index contributed by atoms with van der Waals surface area (Å²) in [6.07, 6.45) is 1.00. The van der Waals surface area contributed by atoms with Crippen LogP contribution in [0, 0.1) is 0 Å². The average molecular weight is 335 g/mol. The molecule has 1 aromatic heterocycles. The molecular formula is C11H17N3O5S2. The maximum Gasteiger partial charge on any atom is 0.325 e. The van der Waals surface area contributed by atoms with Crippen molar-refractivity contribution in [3.8, 4) is 0 Å². The van der Waals surface area contributed by atoms with Crippen molar-refractivity contribution in [1.82, 2.24) is 9.88 Å². The zero-order valence-corrected chi connectivity index (χ0v) is 13.6. The van der Waals surface area contributed by atoms with Gasteiger partial charge in [-0.3, -0.25) is 14.3 Å². The summed E-state index contributed by atoms with van der Waals surface area (Å²) in [4.78, 5) is 28.4. The average Bonchev–Trinajstić information content (AvgIpc) is 2.73. The molecule has 0 radical (unpaired) electrons. The number of sulfonamides is 1. The van der Waals surface area contributed by atoms with Crippen molar-refractivity contribution in [1.29, 1.82) is 0 Å². The first-order chi connectivity index (χ1) is 9.71. The second-order valence-electron chi connectivity index (χ2n) is 4.25. The van der Waals surface area contributed by atoms with Gasteiger partial charge in [-0.2, -0.15) is 0 Å². The van der Waals surface area contributed by atoms with Crippen LogP contribution in [0.1, 0.15) is 12.6 Å². The molecule has 0 aliphatic carbocycles. The van der Waals surface area contributed by atoms with E-state index in [1.807, 2.05) is 0 Å². The third-order valence-corrected chi connectivity index (χ3v) is 3.75. The number of esters is 1. The predicted molar refractivity (Wildman–Crippen MR) is 78.6 cm³/mol. The summed E-state index contributed by atoms with van der Waals surface area (Å²) < 4.78 is 29.1.